The van der Waals surface area contributed by atoms with Crippen molar-refractivity contribution in [2.75, 3.05) is 13.2 Å². The zero-order chi connectivity index (χ0) is 17.1. The number of aromatic nitrogens is 1. The van der Waals surface area contributed by atoms with E-state index < -0.39 is 5.97 Å². The third kappa shape index (κ3) is 3.26. The summed E-state index contributed by atoms with van der Waals surface area (Å²) in [5, 5.41) is 19.8. The van der Waals surface area contributed by atoms with E-state index in [0.717, 1.165) is 40.6 Å². The molecule has 0 bridgehead atoms. The van der Waals surface area contributed by atoms with Gasteiger partial charge in [-0.25, -0.2) is 4.79 Å². The van der Waals surface area contributed by atoms with Crippen molar-refractivity contribution in [3.8, 4) is 0 Å². The van der Waals surface area contributed by atoms with E-state index in [-0.39, 0.29) is 12.5 Å². The molecule has 0 amide bonds. The van der Waals surface area contributed by atoms with Gasteiger partial charge in [-0.05, 0) is 55.5 Å². The maximum absolute atomic E-state index is 11.5. The molecule has 0 aliphatic carbocycles. The molecule has 0 spiro atoms. The third-order valence-electron chi connectivity index (χ3n) is 4.40. The highest BCUT2D eigenvalue weighted by molar-refractivity contribution is 5.97. The summed E-state index contributed by atoms with van der Waals surface area (Å²) in [6, 6.07) is 3.52. The van der Waals surface area contributed by atoms with Crippen molar-refractivity contribution < 1.29 is 15.0 Å². The zero-order valence-corrected chi connectivity index (χ0v) is 14.1. The lowest BCUT2D eigenvalue weighted by atomic mass is 9.95. The Morgan fingerprint density at radius 2 is 2.04 bits per heavy atom. The van der Waals surface area contributed by atoms with Crippen molar-refractivity contribution in [2.45, 2.75) is 46.1 Å². The number of carboxylic acids is 1. The fraction of sp³-hybridized carbons (Fsp3) is 0.500. The first kappa shape index (κ1) is 17.5. The first-order chi connectivity index (χ1) is 10.9. The number of aryl methyl sites for hydroxylation is 1. The molecule has 0 saturated carbocycles. The number of carboxylic acid groups (broad SMARTS) is 1. The van der Waals surface area contributed by atoms with Crippen molar-refractivity contribution in [1.82, 2.24) is 4.57 Å². The van der Waals surface area contributed by atoms with Crippen LogP contribution in [0.2, 0.25) is 0 Å². The number of nitrogens with zero attached hydrogens (tertiary/aromatic N) is 1. The van der Waals surface area contributed by atoms with Gasteiger partial charge in [0.15, 0.2) is 0 Å². The maximum Gasteiger partial charge on any atom is 0.335 e. The van der Waals surface area contributed by atoms with Crippen LogP contribution in [-0.4, -0.2) is 33.9 Å². The molecule has 0 aliphatic heterocycles. The topological polar surface area (TPSA) is 88.5 Å². The number of aliphatic hydroxyl groups is 1. The highest BCUT2D eigenvalue weighted by Crippen LogP contribution is 2.34. The molecule has 5 heteroatoms. The van der Waals surface area contributed by atoms with Crippen molar-refractivity contribution in [3.63, 3.8) is 0 Å². The number of aromatic carboxylic acids is 1. The summed E-state index contributed by atoms with van der Waals surface area (Å²) in [4.78, 5) is 11.5. The van der Waals surface area contributed by atoms with E-state index in [1.165, 1.54) is 0 Å². The highest BCUT2D eigenvalue weighted by atomic mass is 16.4. The summed E-state index contributed by atoms with van der Waals surface area (Å²) < 4.78 is 2.11. The van der Waals surface area contributed by atoms with Crippen LogP contribution < -0.4 is 5.73 Å². The Morgan fingerprint density at radius 3 is 2.57 bits per heavy atom. The Kier molecular flexibility index (Phi) is 5.44. The van der Waals surface area contributed by atoms with Crippen LogP contribution in [0.15, 0.2) is 12.1 Å². The van der Waals surface area contributed by atoms with Gasteiger partial charge in [0, 0.05) is 17.6 Å². The molecule has 0 aliphatic rings. The zero-order valence-electron chi connectivity index (χ0n) is 14.1. The smallest absolute Gasteiger partial charge is 0.335 e. The second-order valence-corrected chi connectivity index (χ2v) is 6.25. The fourth-order valence-corrected chi connectivity index (χ4v) is 3.25. The molecular weight excluding hydrogens is 292 g/mol. The molecule has 0 saturated heterocycles. The van der Waals surface area contributed by atoms with E-state index >= 15 is 0 Å². The van der Waals surface area contributed by atoms with Crippen LogP contribution in [0.25, 0.3) is 10.9 Å². The van der Waals surface area contributed by atoms with E-state index in [9.17, 15) is 15.0 Å². The number of fused-ring (bicyclic) bond motifs is 1. The molecule has 2 aromatic rings. The Hall–Kier alpha value is -1.85. The molecule has 126 valence electrons. The van der Waals surface area contributed by atoms with Crippen molar-refractivity contribution in [2.24, 2.45) is 5.73 Å². The van der Waals surface area contributed by atoms with Crippen LogP contribution in [0.3, 0.4) is 0 Å². The Morgan fingerprint density at radius 1 is 1.35 bits per heavy atom. The minimum Gasteiger partial charge on any atom is -0.478 e. The Labute approximate surface area is 136 Å². The summed E-state index contributed by atoms with van der Waals surface area (Å²) in [7, 11) is 0. The van der Waals surface area contributed by atoms with Crippen LogP contribution in [0.1, 0.15) is 53.4 Å². The van der Waals surface area contributed by atoms with Crippen molar-refractivity contribution >= 4 is 16.9 Å². The van der Waals surface area contributed by atoms with E-state index in [0.29, 0.717) is 18.7 Å². The monoisotopic (exact) mass is 318 g/mol. The summed E-state index contributed by atoms with van der Waals surface area (Å²) in [5.74, 6) is -0.711. The van der Waals surface area contributed by atoms with E-state index in [1.54, 1.807) is 12.1 Å². The van der Waals surface area contributed by atoms with Crippen LogP contribution >= 0.6 is 0 Å². The third-order valence-corrected chi connectivity index (χ3v) is 4.40. The minimum absolute atomic E-state index is 0.0547. The van der Waals surface area contributed by atoms with Gasteiger partial charge in [-0.1, -0.05) is 13.8 Å². The van der Waals surface area contributed by atoms with Crippen LogP contribution in [0.4, 0.5) is 0 Å². The summed E-state index contributed by atoms with van der Waals surface area (Å²) >= 11 is 0. The number of benzene rings is 1. The first-order valence-electron chi connectivity index (χ1n) is 8.12. The van der Waals surface area contributed by atoms with E-state index in [1.807, 2.05) is 6.92 Å². The summed E-state index contributed by atoms with van der Waals surface area (Å²) in [5.41, 5.74) is 10.3. The van der Waals surface area contributed by atoms with Gasteiger partial charge in [0.05, 0.1) is 17.7 Å². The molecule has 1 aromatic heterocycles. The number of nitrogens with two attached hydrogens (primary N) is 1. The fourth-order valence-electron chi connectivity index (χ4n) is 3.25. The first-order valence-corrected chi connectivity index (χ1v) is 8.12. The van der Waals surface area contributed by atoms with Gasteiger partial charge in [-0.3, -0.25) is 0 Å². The number of aliphatic hydroxyl groups excluding tert-OH is 1. The van der Waals surface area contributed by atoms with Gasteiger partial charge >= 0.3 is 5.97 Å². The molecular formula is C18H26N2O3. The number of rotatable bonds is 7. The SMILES string of the molecule is Cc1c(CCCN)c2cc(C(=O)O)cc(C(C)C)c2n1CCO. The number of carbonyl (C=O) groups is 1. The average Bonchev–Trinajstić information content (AvgIpc) is 2.77. The molecule has 1 aromatic carbocycles. The maximum atomic E-state index is 11.5. The van der Waals surface area contributed by atoms with Crippen LogP contribution in [0.5, 0.6) is 0 Å². The average molecular weight is 318 g/mol. The van der Waals surface area contributed by atoms with Gasteiger partial charge in [0.1, 0.15) is 0 Å². The lowest BCUT2D eigenvalue weighted by Gasteiger charge is -2.14. The number of hydrogen-bond donors (Lipinski definition) is 3. The summed E-state index contributed by atoms with van der Waals surface area (Å²) in [6.07, 6.45) is 1.67. The van der Waals surface area contributed by atoms with Crippen LogP contribution in [0, 0.1) is 6.92 Å². The normalized spacial score (nSPS) is 11.6. The van der Waals surface area contributed by atoms with Gasteiger partial charge in [0.2, 0.25) is 0 Å². The minimum atomic E-state index is -0.911. The standard InChI is InChI=1S/C18H26N2O3/c1-11(2)15-9-13(18(22)23)10-16-14(5-4-6-19)12(3)20(7-8-21)17(15)16/h9-11,21H,4-8,19H2,1-3H3,(H,22,23). The van der Waals surface area contributed by atoms with E-state index in [2.05, 4.69) is 18.4 Å². The molecule has 4 N–H and O–H groups in total. The Balaban J connectivity index is 2.83. The van der Waals surface area contributed by atoms with Gasteiger partial charge in [0.25, 0.3) is 0 Å². The number of hydrogen-bond acceptors (Lipinski definition) is 3. The molecule has 1 heterocycles. The van der Waals surface area contributed by atoms with Gasteiger partial charge in [-0.15, -0.1) is 0 Å². The largest absolute Gasteiger partial charge is 0.478 e. The van der Waals surface area contributed by atoms with Gasteiger partial charge in [-0.2, -0.15) is 0 Å². The van der Waals surface area contributed by atoms with Crippen molar-refractivity contribution in [1.29, 1.82) is 0 Å². The van der Waals surface area contributed by atoms with Crippen molar-refractivity contribution in [3.05, 3.63) is 34.5 Å². The lowest BCUT2D eigenvalue weighted by Crippen LogP contribution is -2.07. The highest BCUT2D eigenvalue weighted by Gasteiger charge is 2.20. The second kappa shape index (κ2) is 7.15. The lowest BCUT2D eigenvalue weighted by molar-refractivity contribution is 0.0697. The van der Waals surface area contributed by atoms with E-state index in [4.69, 9.17) is 5.73 Å². The molecule has 0 unspecified atom stereocenters. The molecule has 0 radical (unpaired) electrons. The quantitative estimate of drug-likeness (QED) is 0.732. The van der Waals surface area contributed by atoms with Gasteiger partial charge < -0.3 is 20.5 Å². The predicted octanol–water partition coefficient (Wildman–Crippen LogP) is 2.65. The second-order valence-electron chi connectivity index (χ2n) is 6.25. The molecule has 0 fully saturated rings. The summed E-state index contributed by atoms with van der Waals surface area (Å²) in [6.45, 7) is 7.32. The molecule has 23 heavy (non-hydrogen) atoms. The molecule has 2 rings (SSSR count). The van der Waals surface area contributed by atoms with Crippen LogP contribution in [-0.2, 0) is 13.0 Å². The molecule has 0 atom stereocenters. The molecule has 5 nitrogen and oxygen atoms in total. The Bertz CT molecular complexity index is 717. The predicted molar refractivity (Wildman–Crippen MR) is 92.2 cm³/mol.